The van der Waals surface area contributed by atoms with Gasteiger partial charge in [-0.2, -0.15) is 0 Å². The molecule has 1 saturated heterocycles. The molecular formula is C17H14N2O2S. The Kier molecular flexibility index (Phi) is 4.25. The van der Waals surface area contributed by atoms with Gasteiger partial charge in [0.1, 0.15) is 5.76 Å². The summed E-state index contributed by atoms with van der Waals surface area (Å²) >= 11 is 1.33. The van der Waals surface area contributed by atoms with Crippen LogP contribution in [0.5, 0.6) is 0 Å². The molecule has 5 heteroatoms. The molecule has 1 aromatic carbocycles. The second-order valence-electron chi connectivity index (χ2n) is 4.72. The highest BCUT2D eigenvalue weighted by Crippen LogP contribution is 2.26. The third kappa shape index (κ3) is 3.56. The first-order chi connectivity index (χ1) is 10.7. The first-order valence-corrected chi connectivity index (χ1v) is 7.59. The molecule has 0 saturated carbocycles. The molecule has 0 spiro atoms. The van der Waals surface area contributed by atoms with Crippen LogP contribution < -0.4 is 5.32 Å². The fraction of sp³-hybridized carbons (Fsp3) is 0.0588. The quantitative estimate of drug-likeness (QED) is 0.871. The van der Waals surface area contributed by atoms with Crippen molar-refractivity contribution < 1.29 is 9.21 Å². The first kappa shape index (κ1) is 14.4. The Morgan fingerprint density at radius 3 is 2.95 bits per heavy atom. The third-order valence-electron chi connectivity index (χ3n) is 2.93. The summed E-state index contributed by atoms with van der Waals surface area (Å²) in [5.41, 5.74) is 1.96. The van der Waals surface area contributed by atoms with E-state index in [0.29, 0.717) is 10.1 Å². The van der Waals surface area contributed by atoms with Crippen molar-refractivity contribution >= 4 is 34.6 Å². The summed E-state index contributed by atoms with van der Waals surface area (Å²) in [6.07, 6.45) is 6.95. The molecule has 0 atom stereocenters. The van der Waals surface area contributed by atoms with Gasteiger partial charge in [0.25, 0.3) is 5.91 Å². The molecular weight excluding hydrogens is 296 g/mol. The predicted octanol–water partition coefficient (Wildman–Crippen LogP) is 4.04. The molecule has 1 aliphatic rings. The van der Waals surface area contributed by atoms with Gasteiger partial charge in [-0.25, -0.2) is 4.99 Å². The number of nitrogens with one attached hydrogen (secondary N) is 1. The predicted molar refractivity (Wildman–Crippen MR) is 89.8 cm³/mol. The number of benzene rings is 1. The van der Waals surface area contributed by atoms with Crippen molar-refractivity contribution in [1.29, 1.82) is 0 Å². The van der Waals surface area contributed by atoms with E-state index in [-0.39, 0.29) is 5.91 Å². The number of aliphatic imine (C=N–C) groups is 1. The van der Waals surface area contributed by atoms with Crippen molar-refractivity contribution in [3.05, 3.63) is 71.0 Å². The number of hydrogen-bond donors (Lipinski definition) is 1. The normalized spacial score (nSPS) is 18.5. The van der Waals surface area contributed by atoms with E-state index in [0.717, 1.165) is 17.0 Å². The SMILES string of the molecule is Cc1cccc(N=C2NC(=O)/C(=C\C=C\c3ccco3)S2)c1. The molecule has 0 bridgehead atoms. The van der Waals surface area contributed by atoms with Crippen LogP contribution in [-0.4, -0.2) is 11.1 Å². The second-order valence-corrected chi connectivity index (χ2v) is 5.75. The standard InChI is InChI=1S/C17H14N2O2S/c1-12-5-2-6-13(11-12)18-17-19-16(20)15(22-17)9-3-7-14-8-4-10-21-14/h2-11H,1H3,(H,18,19,20)/b7-3+,15-9+. The molecule has 1 amide bonds. The van der Waals surface area contributed by atoms with Crippen LogP contribution in [0.15, 0.2) is 69.1 Å². The van der Waals surface area contributed by atoms with Gasteiger partial charge in [-0.05, 0) is 60.7 Å². The van der Waals surface area contributed by atoms with Crippen molar-refractivity contribution in [3.8, 4) is 0 Å². The summed E-state index contributed by atoms with van der Waals surface area (Å²) in [5.74, 6) is 0.606. The van der Waals surface area contributed by atoms with E-state index in [1.54, 1.807) is 24.5 Å². The maximum atomic E-state index is 11.9. The van der Waals surface area contributed by atoms with Crippen LogP contribution in [0.3, 0.4) is 0 Å². The minimum Gasteiger partial charge on any atom is -0.465 e. The lowest BCUT2D eigenvalue weighted by molar-refractivity contribution is -0.115. The van der Waals surface area contributed by atoms with E-state index in [1.807, 2.05) is 43.3 Å². The Morgan fingerprint density at radius 2 is 2.18 bits per heavy atom. The number of rotatable bonds is 3. The molecule has 4 nitrogen and oxygen atoms in total. The number of nitrogens with zero attached hydrogens (tertiary/aromatic N) is 1. The van der Waals surface area contributed by atoms with E-state index in [1.165, 1.54) is 11.8 Å². The van der Waals surface area contributed by atoms with Crippen LogP contribution in [-0.2, 0) is 4.79 Å². The van der Waals surface area contributed by atoms with Gasteiger partial charge in [-0.15, -0.1) is 0 Å². The first-order valence-electron chi connectivity index (χ1n) is 6.77. The van der Waals surface area contributed by atoms with Crippen LogP contribution in [0.2, 0.25) is 0 Å². The number of carbonyl (C=O) groups is 1. The number of carbonyl (C=O) groups excluding carboxylic acids is 1. The summed E-state index contributed by atoms with van der Waals surface area (Å²) in [6.45, 7) is 2.01. The van der Waals surface area contributed by atoms with Gasteiger partial charge in [0.15, 0.2) is 5.17 Å². The van der Waals surface area contributed by atoms with Gasteiger partial charge in [0.05, 0.1) is 16.9 Å². The monoisotopic (exact) mass is 310 g/mol. The molecule has 2 aromatic rings. The van der Waals surface area contributed by atoms with Crippen molar-refractivity contribution in [1.82, 2.24) is 5.32 Å². The van der Waals surface area contributed by atoms with Crippen molar-refractivity contribution in [3.63, 3.8) is 0 Å². The Hall–Kier alpha value is -2.53. The number of amidine groups is 1. The highest BCUT2D eigenvalue weighted by atomic mass is 32.2. The lowest BCUT2D eigenvalue weighted by Gasteiger charge is -1.97. The summed E-state index contributed by atoms with van der Waals surface area (Å²) in [5, 5.41) is 3.35. The number of hydrogen-bond acceptors (Lipinski definition) is 4. The van der Waals surface area contributed by atoms with E-state index >= 15 is 0 Å². The average Bonchev–Trinajstić information content (AvgIpc) is 3.10. The maximum absolute atomic E-state index is 11.9. The van der Waals surface area contributed by atoms with E-state index < -0.39 is 0 Å². The third-order valence-corrected chi connectivity index (χ3v) is 3.86. The van der Waals surface area contributed by atoms with E-state index in [4.69, 9.17) is 4.42 Å². The molecule has 0 aliphatic carbocycles. The summed E-state index contributed by atoms with van der Waals surface area (Å²) in [7, 11) is 0. The highest BCUT2D eigenvalue weighted by molar-refractivity contribution is 8.18. The summed E-state index contributed by atoms with van der Waals surface area (Å²) in [4.78, 5) is 16.9. The van der Waals surface area contributed by atoms with Gasteiger partial charge in [0, 0.05) is 0 Å². The molecule has 3 rings (SSSR count). The number of amides is 1. The zero-order chi connectivity index (χ0) is 15.4. The smallest absolute Gasteiger partial charge is 0.264 e. The summed E-state index contributed by atoms with van der Waals surface area (Å²) < 4.78 is 5.19. The molecule has 1 N–H and O–H groups in total. The number of furan rings is 1. The van der Waals surface area contributed by atoms with E-state index in [2.05, 4.69) is 10.3 Å². The fourth-order valence-electron chi connectivity index (χ4n) is 1.93. The molecule has 2 heterocycles. The Balaban J connectivity index is 1.73. The molecule has 22 heavy (non-hydrogen) atoms. The summed E-state index contributed by atoms with van der Waals surface area (Å²) in [6, 6.07) is 11.5. The zero-order valence-corrected chi connectivity index (χ0v) is 12.8. The lowest BCUT2D eigenvalue weighted by atomic mass is 10.2. The van der Waals surface area contributed by atoms with Gasteiger partial charge >= 0.3 is 0 Å². The Labute approximate surface area is 132 Å². The minimum atomic E-state index is -0.138. The highest BCUT2D eigenvalue weighted by Gasteiger charge is 2.23. The largest absolute Gasteiger partial charge is 0.465 e. The van der Waals surface area contributed by atoms with Crippen LogP contribution in [0.25, 0.3) is 6.08 Å². The van der Waals surface area contributed by atoms with Crippen LogP contribution in [0.1, 0.15) is 11.3 Å². The van der Waals surface area contributed by atoms with Gasteiger partial charge in [-0.1, -0.05) is 18.2 Å². The number of allylic oxidation sites excluding steroid dienone is 2. The lowest BCUT2D eigenvalue weighted by Crippen LogP contribution is -2.19. The maximum Gasteiger partial charge on any atom is 0.264 e. The average molecular weight is 310 g/mol. The Bertz CT molecular complexity index is 774. The van der Waals surface area contributed by atoms with Crippen molar-refractivity contribution in [2.24, 2.45) is 4.99 Å². The molecule has 0 unspecified atom stereocenters. The van der Waals surface area contributed by atoms with Gasteiger partial charge in [-0.3, -0.25) is 4.79 Å². The van der Waals surface area contributed by atoms with Gasteiger partial charge in [0.2, 0.25) is 0 Å². The molecule has 1 fully saturated rings. The molecule has 1 aromatic heterocycles. The Morgan fingerprint density at radius 1 is 1.27 bits per heavy atom. The fourth-order valence-corrected chi connectivity index (χ4v) is 2.72. The van der Waals surface area contributed by atoms with Crippen molar-refractivity contribution in [2.75, 3.05) is 0 Å². The van der Waals surface area contributed by atoms with Crippen LogP contribution in [0.4, 0.5) is 5.69 Å². The minimum absolute atomic E-state index is 0.138. The van der Waals surface area contributed by atoms with Crippen LogP contribution >= 0.6 is 11.8 Å². The van der Waals surface area contributed by atoms with Crippen LogP contribution in [0, 0.1) is 6.92 Å². The molecule has 110 valence electrons. The topological polar surface area (TPSA) is 54.6 Å². The number of aryl methyl sites for hydroxylation is 1. The second kappa shape index (κ2) is 6.49. The number of thioether (sulfide) groups is 1. The van der Waals surface area contributed by atoms with E-state index in [9.17, 15) is 4.79 Å². The molecule has 1 aliphatic heterocycles. The van der Waals surface area contributed by atoms with Crippen molar-refractivity contribution in [2.45, 2.75) is 6.92 Å². The van der Waals surface area contributed by atoms with Gasteiger partial charge < -0.3 is 9.73 Å². The molecule has 0 radical (unpaired) electrons. The zero-order valence-electron chi connectivity index (χ0n) is 11.9.